The van der Waals surface area contributed by atoms with Crippen LogP contribution in [-0.4, -0.2) is 13.1 Å². The van der Waals surface area contributed by atoms with Gasteiger partial charge in [0, 0.05) is 5.56 Å². The molecular formula is C13H12O3. The highest BCUT2D eigenvalue weighted by Gasteiger charge is 2.12. The van der Waals surface area contributed by atoms with E-state index in [9.17, 15) is 4.79 Å². The summed E-state index contributed by atoms with van der Waals surface area (Å²) in [5, 5.41) is 0. The van der Waals surface area contributed by atoms with E-state index in [1.54, 1.807) is 12.1 Å². The lowest BCUT2D eigenvalue weighted by atomic mass is 10.1. The number of furan rings is 1. The summed E-state index contributed by atoms with van der Waals surface area (Å²) in [6, 6.07) is 11.2. The maximum atomic E-state index is 11.2. The van der Waals surface area contributed by atoms with Crippen molar-refractivity contribution in [2.24, 2.45) is 0 Å². The van der Waals surface area contributed by atoms with Crippen molar-refractivity contribution < 1.29 is 13.9 Å². The summed E-state index contributed by atoms with van der Waals surface area (Å²) in [5.74, 6) is 0.444. The van der Waals surface area contributed by atoms with Gasteiger partial charge in [-0.15, -0.1) is 0 Å². The molecule has 0 aliphatic rings. The zero-order valence-corrected chi connectivity index (χ0v) is 9.19. The van der Waals surface area contributed by atoms with E-state index in [1.165, 1.54) is 7.11 Å². The minimum atomic E-state index is -0.458. The second-order valence-corrected chi connectivity index (χ2v) is 3.47. The normalized spacial score (nSPS) is 10.1. The van der Waals surface area contributed by atoms with Crippen LogP contribution in [0.25, 0.3) is 11.3 Å². The van der Waals surface area contributed by atoms with Crippen LogP contribution in [0.15, 0.2) is 40.8 Å². The molecule has 0 saturated heterocycles. The number of carbonyl (C=O) groups is 1. The van der Waals surface area contributed by atoms with Crippen LogP contribution in [0.3, 0.4) is 0 Å². The molecule has 1 aromatic heterocycles. The number of methoxy groups -OCH3 is 1. The summed E-state index contributed by atoms with van der Waals surface area (Å²) >= 11 is 0. The fourth-order valence-corrected chi connectivity index (χ4v) is 1.54. The fourth-order valence-electron chi connectivity index (χ4n) is 1.54. The lowest BCUT2D eigenvalue weighted by molar-refractivity contribution is 0.0566. The highest BCUT2D eigenvalue weighted by molar-refractivity contribution is 5.87. The van der Waals surface area contributed by atoms with E-state index in [1.807, 2.05) is 31.2 Å². The molecule has 2 rings (SSSR count). The average Bonchev–Trinajstić information content (AvgIpc) is 2.78. The summed E-state index contributed by atoms with van der Waals surface area (Å²) in [6.45, 7) is 2.00. The fraction of sp³-hybridized carbons (Fsp3) is 0.154. The molecule has 0 amide bonds. The first-order valence-corrected chi connectivity index (χ1v) is 4.96. The predicted molar refractivity (Wildman–Crippen MR) is 60.2 cm³/mol. The Kier molecular flexibility index (Phi) is 2.77. The highest BCUT2D eigenvalue weighted by atomic mass is 16.5. The standard InChI is InChI=1S/C13H12O3/c1-9-5-3-4-6-10(9)11-7-8-12(16-11)13(14)15-2/h3-8H,1-2H3. The Bertz CT molecular complexity index is 511. The molecule has 82 valence electrons. The molecule has 3 heteroatoms. The van der Waals surface area contributed by atoms with Gasteiger partial charge in [0.15, 0.2) is 0 Å². The van der Waals surface area contributed by atoms with Gasteiger partial charge in [0.25, 0.3) is 0 Å². The Morgan fingerprint density at radius 2 is 1.94 bits per heavy atom. The Labute approximate surface area is 93.7 Å². The van der Waals surface area contributed by atoms with Crippen LogP contribution < -0.4 is 0 Å². The number of aryl methyl sites for hydroxylation is 1. The topological polar surface area (TPSA) is 39.4 Å². The third kappa shape index (κ3) is 1.84. The molecule has 0 saturated carbocycles. The SMILES string of the molecule is COC(=O)c1ccc(-c2ccccc2C)o1. The van der Waals surface area contributed by atoms with Crippen molar-refractivity contribution in [2.75, 3.05) is 7.11 Å². The van der Waals surface area contributed by atoms with Crippen LogP contribution in [0.2, 0.25) is 0 Å². The molecule has 3 nitrogen and oxygen atoms in total. The van der Waals surface area contributed by atoms with Gasteiger partial charge >= 0.3 is 5.97 Å². The molecule has 1 aromatic carbocycles. The van der Waals surface area contributed by atoms with E-state index >= 15 is 0 Å². The first-order chi connectivity index (χ1) is 7.72. The largest absolute Gasteiger partial charge is 0.463 e. The zero-order chi connectivity index (χ0) is 11.5. The Morgan fingerprint density at radius 1 is 1.19 bits per heavy atom. The van der Waals surface area contributed by atoms with Crippen LogP contribution in [-0.2, 0) is 4.74 Å². The zero-order valence-electron chi connectivity index (χ0n) is 9.19. The molecule has 0 bridgehead atoms. The number of hydrogen-bond acceptors (Lipinski definition) is 3. The number of hydrogen-bond donors (Lipinski definition) is 0. The average molecular weight is 216 g/mol. The Balaban J connectivity index is 2.39. The molecule has 0 spiro atoms. The highest BCUT2D eigenvalue weighted by Crippen LogP contribution is 2.25. The van der Waals surface area contributed by atoms with Crippen LogP contribution in [0, 0.1) is 6.92 Å². The number of esters is 1. The van der Waals surface area contributed by atoms with Crippen molar-refractivity contribution in [3.8, 4) is 11.3 Å². The molecular weight excluding hydrogens is 204 g/mol. The summed E-state index contributed by atoms with van der Waals surface area (Å²) in [4.78, 5) is 11.2. The van der Waals surface area contributed by atoms with Crippen molar-refractivity contribution in [1.29, 1.82) is 0 Å². The van der Waals surface area contributed by atoms with Gasteiger partial charge in [-0.1, -0.05) is 24.3 Å². The molecule has 1 heterocycles. The molecule has 0 N–H and O–H groups in total. The second kappa shape index (κ2) is 4.23. The van der Waals surface area contributed by atoms with Gasteiger partial charge < -0.3 is 9.15 Å². The molecule has 0 aliphatic heterocycles. The number of benzene rings is 1. The first-order valence-electron chi connectivity index (χ1n) is 4.96. The van der Waals surface area contributed by atoms with Gasteiger partial charge in [0.05, 0.1) is 7.11 Å². The third-order valence-corrected chi connectivity index (χ3v) is 2.40. The molecule has 0 fully saturated rings. The number of rotatable bonds is 2. The van der Waals surface area contributed by atoms with Crippen LogP contribution in [0.5, 0.6) is 0 Å². The number of carbonyl (C=O) groups excluding carboxylic acids is 1. The van der Waals surface area contributed by atoms with E-state index in [2.05, 4.69) is 4.74 Å². The molecule has 0 radical (unpaired) electrons. The Morgan fingerprint density at radius 3 is 2.62 bits per heavy atom. The van der Waals surface area contributed by atoms with E-state index < -0.39 is 5.97 Å². The summed E-state index contributed by atoms with van der Waals surface area (Å²) in [5.41, 5.74) is 2.09. The minimum Gasteiger partial charge on any atom is -0.463 e. The molecule has 0 unspecified atom stereocenters. The van der Waals surface area contributed by atoms with Crippen molar-refractivity contribution >= 4 is 5.97 Å². The summed E-state index contributed by atoms with van der Waals surface area (Å²) in [7, 11) is 1.33. The summed E-state index contributed by atoms with van der Waals surface area (Å²) in [6.07, 6.45) is 0. The minimum absolute atomic E-state index is 0.223. The molecule has 16 heavy (non-hydrogen) atoms. The van der Waals surface area contributed by atoms with E-state index in [-0.39, 0.29) is 5.76 Å². The van der Waals surface area contributed by atoms with Crippen LogP contribution >= 0.6 is 0 Å². The van der Waals surface area contributed by atoms with Gasteiger partial charge in [-0.25, -0.2) is 4.79 Å². The lowest BCUT2D eigenvalue weighted by Crippen LogP contribution is -1.98. The first kappa shape index (κ1) is 10.5. The van der Waals surface area contributed by atoms with Crippen molar-refractivity contribution in [1.82, 2.24) is 0 Å². The van der Waals surface area contributed by atoms with Gasteiger partial charge in [-0.2, -0.15) is 0 Å². The molecule has 2 aromatic rings. The molecule has 0 atom stereocenters. The Hall–Kier alpha value is -2.03. The molecule has 0 aliphatic carbocycles. The lowest BCUT2D eigenvalue weighted by Gasteiger charge is -2.00. The van der Waals surface area contributed by atoms with Crippen LogP contribution in [0.4, 0.5) is 0 Å². The van der Waals surface area contributed by atoms with Gasteiger partial charge in [0.2, 0.25) is 5.76 Å². The smallest absolute Gasteiger partial charge is 0.373 e. The predicted octanol–water partition coefficient (Wildman–Crippen LogP) is 3.04. The van der Waals surface area contributed by atoms with Gasteiger partial charge in [0.1, 0.15) is 5.76 Å². The van der Waals surface area contributed by atoms with E-state index in [4.69, 9.17) is 4.42 Å². The maximum absolute atomic E-state index is 11.2. The third-order valence-electron chi connectivity index (χ3n) is 2.40. The van der Waals surface area contributed by atoms with Gasteiger partial charge in [-0.05, 0) is 24.6 Å². The van der Waals surface area contributed by atoms with Crippen molar-refractivity contribution in [2.45, 2.75) is 6.92 Å². The van der Waals surface area contributed by atoms with Crippen molar-refractivity contribution in [3.05, 3.63) is 47.7 Å². The van der Waals surface area contributed by atoms with E-state index in [0.29, 0.717) is 5.76 Å². The maximum Gasteiger partial charge on any atom is 0.373 e. The van der Waals surface area contributed by atoms with E-state index in [0.717, 1.165) is 11.1 Å². The van der Waals surface area contributed by atoms with Crippen LogP contribution in [0.1, 0.15) is 16.1 Å². The number of ether oxygens (including phenoxy) is 1. The van der Waals surface area contributed by atoms with Crippen molar-refractivity contribution in [3.63, 3.8) is 0 Å². The quantitative estimate of drug-likeness (QED) is 0.724. The van der Waals surface area contributed by atoms with Gasteiger partial charge in [-0.3, -0.25) is 0 Å². The monoisotopic (exact) mass is 216 g/mol. The second-order valence-electron chi connectivity index (χ2n) is 3.47. The summed E-state index contributed by atoms with van der Waals surface area (Å²) < 4.78 is 10.0.